The summed E-state index contributed by atoms with van der Waals surface area (Å²) in [6.07, 6.45) is 4.59. The first-order valence-corrected chi connectivity index (χ1v) is 5.86. The number of furan rings is 1. The molecule has 0 spiro atoms. The van der Waals surface area contributed by atoms with E-state index >= 15 is 0 Å². The summed E-state index contributed by atoms with van der Waals surface area (Å²) in [6, 6.07) is 2.09. The van der Waals surface area contributed by atoms with Gasteiger partial charge in [-0.1, -0.05) is 12.1 Å². The maximum absolute atomic E-state index is 5.37. The van der Waals surface area contributed by atoms with Crippen LogP contribution in [0.5, 0.6) is 0 Å². The van der Waals surface area contributed by atoms with Crippen molar-refractivity contribution in [3.63, 3.8) is 0 Å². The minimum atomic E-state index is 0.0914. The fraction of sp³-hybridized carbons (Fsp3) is 0.500. The Balaban J connectivity index is 2.32. The Bertz CT molecular complexity index is 434. The van der Waals surface area contributed by atoms with Gasteiger partial charge in [0.15, 0.2) is 0 Å². The molecule has 0 fully saturated rings. The molecule has 0 amide bonds. The second-order valence-electron chi connectivity index (χ2n) is 4.10. The summed E-state index contributed by atoms with van der Waals surface area (Å²) in [7, 11) is 1.90. The average Bonchev–Trinajstić information content (AvgIpc) is 2.90. The highest BCUT2D eigenvalue weighted by Gasteiger charge is 2.20. The normalized spacial score (nSPS) is 12.9. The van der Waals surface area contributed by atoms with Gasteiger partial charge in [0.1, 0.15) is 5.76 Å². The van der Waals surface area contributed by atoms with E-state index < -0.39 is 0 Å². The minimum Gasteiger partial charge on any atom is -0.469 e. The molecule has 2 rings (SSSR count). The van der Waals surface area contributed by atoms with Gasteiger partial charge in [-0.05, 0) is 26.0 Å². The zero-order chi connectivity index (χ0) is 12.3. The Labute approximate surface area is 101 Å². The molecule has 5 heteroatoms. The number of nitrogens with zero attached hydrogens (tertiary/aromatic N) is 3. The van der Waals surface area contributed by atoms with Crippen molar-refractivity contribution >= 4 is 0 Å². The highest BCUT2D eigenvalue weighted by atomic mass is 16.3. The molecule has 0 aliphatic carbocycles. The molecule has 0 bridgehead atoms. The predicted octanol–water partition coefficient (Wildman–Crippen LogP) is 1.81. The summed E-state index contributed by atoms with van der Waals surface area (Å²) in [5.41, 5.74) is 2.19. The van der Waals surface area contributed by atoms with Crippen LogP contribution in [-0.4, -0.2) is 21.5 Å². The van der Waals surface area contributed by atoms with Crippen LogP contribution in [0.25, 0.3) is 0 Å². The third-order valence-electron chi connectivity index (χ3n) is 2.85. The van der Waals surface area contributed by atoms with Crippen molar-refractivity contribution in [1.29, 1.82) is 0 Å². The molecule has 0 aliphatic rings. The Hall–Kier alpha value is -1.62. The number of hydrogen-bond donors (Lipinski definition) is 1. The second-order valence-corrected chi connectivity index (χ2v) is 4.10. The minimum absolute atomic E-state index is 0.0914. The smallest absolute Gasteiger partial charge is 0.105 e. The molecule has 2 aromatic rings. The first-order valence-electron chi connectivity index (χ1n) is 5.86. The molecule has 17 heavy (non-hydrogen) atoms. The molecule has 0 aliphatic heterocycles. The lowest BCUT2D eigenvalue weighted by atomic mass is 10.1. The quantitative estimate of drug-likeness (QED) is 0.857. The second kappa shape index (κ2) is 5.14. The van der Waals surface area contributed by atoms with Crippen LogP contribution in [0.2, 0.25) is 0 Å². The van der Waals surface area contributed by atoms with Crippen molar-refractivity contribution in [3.8, 4) is 0 Å². The van der Waals surface area contributed by atoms with Crippen molar-refractivity contribution in [2.45, 2.75) is 26.3 Å². The summed E-state index contributed by atoms with van der Waals surface area (Å²) in [6.45, 7) is 5.06. The Morgan fingerprint density at radius 1 is 1.53 bits per heavy atom. The highest BCUT2D eigenvalue weighted by molar-refractivity contribution is 5.27. The van der Waals surface area contributed by atoms with Gasteiger partial charge in [-0.25, -0.2) is 0 Å². The molecule has 1 atom stereocenters. The molecule has 0 saturated heterocycles. The number of aromatic nitrogens is 3. The van der Waals surface area contributed by atoms with E-state index in [1.165, 1.54) is 0 Å². The number of rotatable bonds is 5. The van der Waals surface area contributed by atoms with E-state index in [4.69, 9.17) is 4.42 Å². The topological polar surface area (TPSA) is 55.9 Å². The molecule has 5 nitrogen and oxygen atoms in total. The zero-order valence-electron chi connectivity index (χ0n) is 10.5. The van der Waals surface area contributed by atoms with E-state index in [0.717, 1.165) is 30.0 Å². The van der Waals surface area contributed by atoms with E-state index in [-0.39, 0.29) is 6.04 Å². The highest BCUT2D eigenvalue weighted by Crippen LogP contribution is 2.24. The average molecular weight is 234 g/mol. The third kappa shape index (κ3) is 2.39. The van der Waals surface area contributed by atoms with Gasteiger partial charge in [-0.15, -0.1) is 5.10 Å². The Morgan fingerprint density at radius 3 is 2.88 bits per heavy atom. The molecule has 92 valence electrons. The van der Waals surface area contributed by atoms with Crippen LogP contribution in [0, 0.1) is 6.92 Å². The number of aryl methyl sites for hydroxylation is 2. The van der Waals surface area contributed by atoms with Gasteiger partial charge in [0.05, 0.1) is 24.2 Å². The van der Waals surface area contributed by atoms with Crippen LogP contribution in [0.15, 0.2) is 22.9 Å². The SMILES string of the molecule is CCCNC(c1ccoc1C)c1cnnn1C. The van der Waals surface area contributed by atoms with Gasteiger partial charge in [-0.2, -0.15) is 0 Å². The zero-order valence-corrected chi connectivity index (χ0v) is 10.5. The molecule has 1 unspecified atom stereocenters. The van der Waals surface area contributed by atoms with Gasteiger partial charge in [-0.3, -0.25) is 4.68 Å². The van der Waals surface area contributed by atoms with E-state index in [2.05, 4.69) is 22.6 Å². The van der Waals surface area contributed by atoms with Crippen LogP contribution in [-0.2, 0) is 7.05 Å². The van der Waals surface area contributed by atoms with E-state index in [9.17, 15) is 0 Å². The van der Waals surface area contributed by atoms with Crippen LogP contribution in [0.1, 0.15) is 36.4 Å². The van der Waals surface area contributed by atoms with Crippen molar-refractivity contribution in [3.05, 3.63) is 35.5 Å². The lowest BCUT2D eigenvalue weighted by molar-refractivity contribution is 0.507. The molecule has 0 radical (unpaired) electrons. The molecule has 2 heterocycles. The van der Waals surface area contributed by atoms with Gasteiger partial charge in [0.25, 0.3) is 0 Å². The predicted molar refractivity (Wildman–Crippen MR) is 64.6 cm³/mol. The summed E-state index contributed by atoms with van der Waals surface area (Å²) < 4.78 is 7.16. The maximum Gasteiger partial charge on any atom is 0.105 e. The van der Waals surface area contributed by atoms with Crippen LogP contribution >= 0.6 is 0 Å². The molecule has 1 N–H and O–H groups in total. The summed E-state index contributed by atoms with van der Waals surface area (Å²) in [4.78, 5) is 0. The standard InChI is InChI=1S/C12H18N4O/c1-4-6-13-12(10-5-7-17-9(10)2)11-8-14-15-16(11)3/h5,7-8,12-13H,4,6H2,1-3H3. The Kier molecular flexibility index (Phi) is 3.58. The first kappa shape index (κ1) is 11.9. The Morgan fingerprint density at radius 2 is 2.35 bits per heavy atom. The number of hydrogen-bond acceptors (Lipinski definition) is 4. The van der Waals surface area contributed by atoms with Crippen LogP contribution < -0.4 is 5.32 Å². The van der Waals surface area contributed by atoms with Gasteiger partial charge in [0, 0.05) is 12.6 Å². The van der Waals surface area contributed by atoms with Gasteiger partial charge < -0.3 is 9.73 Å². The van der Waals surface area contributed by atoms with Crippen molar-refractivity contribution in [2.75, 3.05) is 6.54 Å². The molecular weight excluding hydrogens is 216 g/mol. The van der Waals surface area contributed by atoms with E-state index in [1.807, 2.05) is 20.0 Å². The monoisotopic (exact) mass is 234 g/mol. The molecule has 2 aromatic heterocycles. The number of nitrogens with one attached hydrogen (secondary N) is 1. The van der Waals surface area contributed by atoms with Crippen LogP contribution in [0.4, 0.5) is 0 Å². The van der Waals surface area contributed by atoms with Crippen molar-refractivity contribution in [2.24, 2.45) is 7.05 Å². The van der Waals surface area contributed by atoms with Crippen LogP contribution in [0.3, 0.4) is 0 Å². The van der Waals surface area contributed by atoms with Gasteiger partial charge in [0.2, 0.25) is 0 Å². The molecule has 0 saturated carbocycles. The first-order chi connectivity index (χ1) is 8.24. The third-order valence-corrected chi connectivity index (χ3v) is 2.85. The van der Waals surface area contributed by atoms with Crippen molar-refractivity contribution in [1.82, 2.24) is 20.3 Å². The fourth-order valence-electron chi connectivity index (χ4n) is 1.92. The summed E-state index contributed by atoms with van der Waals surface area (Å²) in [5.74, 6) is 0.930. The van der Waals surface area contributed by atoms with Crippen molar-refractivity contribution < 1.29 is 4.42 Å². The summed E-state index contributed by atoms with van der Waals surface area (Å²) in [5, 5.41) is 11.4. The maximum atomic E-state index is 5.37. The molecular formula is C12H18N4O. The summed E-state index contributed by atoms with van der Waals surface area (Å²) >= 11 is 0. The fourth-order valence-corrected chi connectivity index (χ4v) is 1.92. The van der Waals surface area contributed by atoms with Gasteiger partial charge >= 0.3 is 0 Å². The largest absolute Gasteiger partial charge is 0.469 e. The molecule has 0 aromatic carbocycles. The van der Waals surface area contributed by atoms with E-state index in [0.29, 0.717) is 0 Å². The lowest BCUT2D eigenvalue weighted by Gasteiger charge is -2.17. The van der Waals surface area contributed by atoms with E-state index in [1.54, 1.807) is 17.1 Å². The lowest BCUT2D eigenvalue weighted by Crippen LogP contribution is -2.25.